The summed E-state index contributed by atoms with van der Waals surface area (Å²) in [6.45, 7) is 1.70. The molecule has 1 aromatic heterocycles. The van der Waals surface area contributed by atoms with E-state index in [4.69, 9.17) is 27.9 Å². The number of aromatic nitrogens is 2. The number of rotatable bonds is 8. The van der Waals surface area contributed by atoms with E-state index in [0.717, 1.165) is 17.4 Å². The first-order chi connectivity index (χ1) is 19.1. The van der Waals surface area contributed by atoms with Crippen molar-refractivity contribution < 1.29 is 34.1 Å². The Morgan fingerprint density at radius 1 is 0.900 bits per heavy atom. The van der Waals surface area contributed by atoms with Crippen LogP contribution in [-0.4, -0.2) is 50.8 Å². The zero-order valence-electron chi connectivity index (χ0n) is 20.4. The Labute approximate surface area is 240 Å². The second-order valence-electron chi connectivity index (χ2n) is 7.97. The van der Waals surface area contributed by atoms with E-state index in [0.29, 0.717) is 0 Å². The number of carbonyl (C=O) groups excluding carboxylic acids is 3. The number of carboxylic acid groups (broad SMARTS) is 1. The number of hydrogen-bond acceptors (Lipinski definition) is 9. The van der Waals surface area contributed by atoms with Crippen LogP contribution in [0.3, 0.4) is 0 Å². The van der Waals surface area contributed by atoms with Gasteiger partial charge in [0.05, 0.1) is 34.0 Å². The summed E-state index contributed by atoms with van der Waals surface area (Å²) in [7, 11) is 0. The predicted octanol–water partition coefficient (Wildman–Crippen LogP) is 5.60. The van der Waals surface area contributed by atoms with Gasteiger partial charge in [-0.2, -0.15) is 0 Å². The van der Waals surface area contributed by atoms with Crippen molar-refractivity contribution in [2.45, 2.75) is 6.92 Å². The fraction of sp³-hybridized carbons (Fsp3) is 0.0769. The van der Waals surface area contributed by atoms with Crippen LogP contribution < -0.4 is 10.6 Å². The highest BCUT2D eigenvalue weighted by molar-refractivity contribution is 7.18. The van der Waals surface area contributed by atoms with Gasteiger partial charge in [-0.1, -0.05) is 34.5 Å². The van der Waals surface area contributed by atoms with E-state index in [9.17, 15) is 29.4 Å². The van der Waals surface area contributed by atoms with E-state index >= 15 is 0 Å². The Kier molecular flexibility index (Phi) is 8.63. The van der Waals surface area contributed by atoms with Gasteiger partial charge >= 0.3 is 11.9 Å². The molecule has 0 saturated carbocycles. The fourth-order valence-electron chi connectivity index (χ4n) is 3.42. The lowest BCUT2D eigenvalue weighted by Crippen LogP contribution is -2.17. The van der Waals surface area contributed by atoms with Crippen LogP contribution in [0.5, 0.6) is 5.75 Å². The monoisotopic (exact) mass is 600 g/mol. The smallest absolute Gasteiger partial charge is 0.340 e. The molecule has 11 nitrogen and oxygen atoms in total. The number of carbonyl (C=O) groups is 4. The number of carboxylic acids is 1. The topological polar surface area (TPSA) is 168 Å². The molecule has 14 heteroatoms. The standard InChI is InChI=1S/C26H18Cl2N4O7S/c1-2-39-25(38)16-8-7-14(24(36)37)9-19(16)29-21(34)12-3-5-13(6-4-12)22(35)30-26-32-31-23(40-26)17-10-15(27)11-18(28)20(17)33/h3-11,33H,2H2,1H3,(H,29,34)(H,36,37)(H,30,32,35). The van der Waals surface area contributed by atoms with Crippen LogP contribution in [0.4, 0.5) is 10.8 Å². The van der Waals surface area contributed by atoms with E-state index in [2.05, 4.69) is 20.8 Å². The summed E-state index contributed by atoms with van der Waals surface area (Å²) in [5.74, 6) is -3.37. The highest BCUT2D eigenvalue weighted by Crippen LogP contribution is 2.39. The molecule has 1 heterocycles. The molecular weight excluding hydrogens is 583 g/mol. The quantitative estimate of drug-likeness (QED) is 0.188. The van der Waals surface area contributed by atoms with E-state index < -0.39 is 23.8 Å². The van der Waals surface area contributed by atoms with Crippen LogP contribution >= 0.6 is 34.5 Å². The lowest BCUT2D eigenvalue weighted by Gasteiger charge is -2.12. The Hall–Kier alpha value is -4.52. The number of phenolic OH excluding ortho intramolecular Hbond substituents is 1. The minimum absolute atomic E-state index is 0.0130. The molecule has 0 aliphatic heterocycles. The Morgan fingerprint density at radius 3 is 2.15 bits per heavy atom. The van der Waals surface area contributed by atoms with E-state index in [1.54, 1.807) is 6.92 Å². The molecule has 0 atom stereocenters. The van der Waals surface area contributed by atoms with Crippen LogP contribution in [0.2, 0.25) is 10.0 Å². The van der Waals surface area contributed by atoms with Gasteiger partial charge in [-0.05, 0) is 61.5 Å². The molecule has 4 rings (SSSR count). The molecule has 204 valence electrons. The normalized spacial score (nSPS) is 10.6. The molecule has 40 heavy (non-hydrogen) atoms. The molecule has 0 aliphatic rings. The van der Waals surface area contributed by atoms with Crippen LogP contribution in [0.25, 0.3) is 10.6 Å². The number of esters is 1. The highest BCUT2D eigenvalue weighted by Gasteiger charge is 2.19. The number of nitrogens with one attached hydrogen (secondary N) is 2. The van der Waals surface area contributed by atoms with Gasteiger partial charge < -0.3 is 20.3 Å². The third kappa shape index (κ3) is 6.37. The van der Waals surface area contributed by atoms with Gasteiger partial charge in [0, 0.05) is 16.1 Å². The molecule has 0 bridgehead atoms. The highest BCUT2D eigenvalue weighted by atomic mass is 35.5. The van der Waals surface area contributed by atoms with Crippen molar-refractivity contribution in [2.24, 2.45) is 0 Å². The molecule has 0 spiro atoms. The van der Waals surface area contributed by atoms with Crippen molar-refractivity contribution in [3.63, 3.8) is 0 Å². The van der Waals surface area contributed by atoms with Crippen LogP contribution in [0.15, 0.2) is 54.6 Å². The van der Waals surface area contributed by atoms with Crippen LogP contribution in [0, 0.1) is 0 Å². The van der Waals surface area contributed by atoms with E-state index in [1.165, 1.54) is 48.5 Å². The van der Waals surface area contributed by atoms with Crippen molar-refractivity contribution in [2.75, 3.05) is 17.2 Å². The molecule has 0 saturated heterocycles. The van der Waals surface area contributed by atoms with Gasteiger partial charge in [-0.3, -0.25) is 14.9 Å². The van der Waals surface area contributed by atoms with Crippen molar-refractivity contribution in [3.8, 4) is 16.3 Å². The molecule has 2 amide bonds. The summed E-state index contributed by atoms with van der Waals surface area (Å²) in [4.78, 5) is 49.2. The largest absolute Gasteiger partial charge is 0.506 e. The van der Waals surface area contributed by atoms with Crippen LogP contribution in [-0.2, 0) is 4.74 Å². The van der Waals surface area contributed by atoms with Gasteiger partial charge in [0.25, 0.3) is 11.8 Å². The maximum atomic E-state index is 12.8. The number of ether oxygens (including phenoxy) is 1. The fourth-order valence-corrected chi connectivity index (χ4v) is 4.67. The van der Waals surface area contributed by atoms with Crippen molar-refractivity contribution in [3.05, 3.63) is 86.9 Å². The average molecular weight is 601 g/mol. The molecule has 0 aliphatic carbocycles. The number of anilines is 2. The summed E-state index contributed by atoms with van der Waals surface area (Å²) in [6, 6.07) is 12.0. The molecule has 0 fully saturated rings. The predicted molar refractivity (Wildman–Crippen MR) is 149 cm³/mol. The van der Waals surface area contributed by atoms with Crippen molar-refractivity contribution >= 4 is 69.1 Å². The third-order valence-corrected chi connectivity index (χ3v) is 6.70. The molecular formula is C26H18Cl2N4O7S. The second kappa shape index (κ2) is 12.1. The molecule has 0 radical (unpaired) electrons. The summed E-state index contributed by atoms with van der Waals surface area (Å²) >= 11 is 12.9. The van der Waals surface area contributed by atoms with Crippen molar-refractivity contribution in [1.29, 1.82) is 0 Å². The SMILES string of the molecule is CCOC(=O)c1ccc(C(=O)O)cc1NC(=O)c1ccc(C(=O)Nc2nnc(-c3cc(Cl)cc(Cl)c3O)s2)cc1. The molecule has 4 N–H and O–H groups in total. The number of phenols is 1. The maximum absolute atomic E-state index is 12.8. The summed E-state index contributed by atoms with van der Waals surface area (Å²) < 4.78 is 4.98. The van der Waals surface area contributed by atoms with Gasteiger partial charge in [0.15, 0.2) is 5.01 Å². The molecule has 0 unspecified atom stereocenters. The van der Waals surface area contributed by atoms with E-state index in [1.807, 2.05) is 0 Å². The van der Waals surface area contributed by atoms with E-state index in [-0.39, 0.29) is 66.0 Å². The van der Waals surface area contributed by atoms with Crippen molar-refractivity contribution in [1.82, 2.24) is 10.2 Å². The number of benzene rings is 3. The number of amides is 2. The number of aromatic hydroxyl groups is 1. The first-order valence-electron chi connectivity index (χ1n) is 11.4. The maximum Gasteiger partial charge on any atom is 0.340 e. The number of hydrogen-bond donors (Lipinski definition) is 4. The lowest BCUT2D eigenvalue weighted by atomic mass is 10.1. The minimum Gasteiger partial charge on any atom is -0.506 e. The summed E-state index contributed by atoms with van der Waals surface area (Å²) in [6.07, 6.45) is 0. The Morgan fingerprint density at radius 2 is 1.52 bits per heavy atom. The molecule has 4 aromatic rings. The average Bonchev–Trinajstić information content (AvgIpc) is 3.38. The summed E-state index contributed by atoms with van der Waals surface area (Å²) in [5.41, 5.74) is 0.403. The first-order valence-corrected chi connectivity index (χ1v) is 12.9. The van der Waals surface area contributed by atoms with Gasteiger partial charge in [-0.25, -0.2) is 9.59 Å². The Bertz CT molecular complexity index is 1640. The zero-order valence-corrected chi connectivity index (χ0v) is 22.7. The Balaban J connectivity index is 1.48. The summed E-state index contributed by atoms with van der Waals surface area (Å²) in [5, 5.41) is 33.2. The number of halogens is 2. The zero-order chi connectivity index (χ0) is 29.0. The minimum atomic E-state index is -1.24. The van der Waals surface area contributed by atoms with Gasteiger partial charge in [-0.15, -0.1) is 10.2 Å². The lowest BCUT2D eigenvalue weighted by molar-refractivity contribution is 0.0526. The van der Waals surface area contributed by atoms with Crippen LogP contribution in [0.1, 0.15) is 48.4 Å². The molecule has 3 aromatic carbocycles. The number of aromatic carboxylic acids is 1. The first kappa shape index (κ1) is 28.5. The third-order valence-electron chi connectivity index (χ3n) is 5.32. The van der Waals surface area contributed by atoms with Gasteiger partial charge in [0.1, 0.15) is 5.75 Å². The van der Waals surface area contributed by atoms with Gasteiger partial charge in [0.2, 0.25) is 5.13 Å². The second-order valence-corrected chi connectivity index (χ2v) is 9.79. The number of nitrogens with zero attached hydrogens (tertiary/aromatic N) is 2.